The molecule has 0 amide bonds. The summed E-state index contributed by atoms with van der Waals surface area (Å²) in [7, 11) is 4.38. The first kappa shape index (κ1) is 24.0. The summed E-state index contributed by atoms with van der Waals surface area (Å²) < 4.78 is 31.1. The smallest absolute Gasteiger partial charge is 0.311 e. The lowest BCUT2D eigenvalue weighted by atomic mass is 10.1. The van der Waals surface area contributed by atoms with Crippen LogP contribution < -0.4 is 19.1 Å². The highest BCUT2D eigenvalue weighted by molar-refractivity contribution is 6.31. The summed E-state index contributed by atoms with van der Waals surface area (Å²) in [4.78, 5) is 21.3. The minimum absolute atomic E-state index is 0.0486. The number of nitro benzene ring substituents is 1. The van der Waals surface area contributed by atoms with E-state index >= 15 is 4.39 Å². The van der Waals surface area contributed by atoms with Crippen molar-refractivity contribution in [1.82, 2.24) is 9.97 Å². The van der Waals surface area contributed by atoms with Crippen molar-refractivity contribution in [2.45, 2.75) is 6.54 Å². The molecule has 180 valence electrons. The minimum atomic E-state index is -0.663. The zero-order valence-electron chi connectivity index (χ0n) is 19.0. The molecule has 0 spiro atoms. The summed E-state index contributed by atoms with van der Waals surface area (Å²) in [5, 5.41) is 11.9. The summed E-state index contributed by atoms with van der Waals surface area (Å²) in [5.41, 5.74) is 0.980. The van der Waals surface area contributed by atoms with Crippen molar-refractivity contribution < 1.29 is 23.5 Å². The fourth-order valence-electron chi connectivity index (χ4n) is 3.72. The third kappa shape index (κ3) is 4.60. The van der Waals surface area contributed by atoms with Gasteiger partial charge in [0.25, 0.3) is 0 Å². The molecular formula is C24H20ClFN4O5. The second-order valence-corrected chi connectivity index (χ2v) is 7.75. The van der Waals surface area contributed by atoms with Crippen LogP contribution in [0, 0.1) is 15.9 Å². The normalized spacial score (nSPS) is 10.8. The van der Waals surface area contributed by atoms with E-state index in [9.17, 15) is 10.1 Å². The number of nitro groups is 1. The third-order valence-corrected chi connectivity index (χ3v) is 5.67. The van der Waals surface area contributed by atoms with E-state index < -0.39 is 10.7 Å². The van der Waals surface area contributed by atoms with Crippen LogP contribution in [0.5, 0.6) is 17.2 Å². The molecule has 0 aliphatic rings. The molecular weight excluding hydrogens is 479 g/mol. The van der Waals surface area contributed by atoms with Gasteiger partial charge in [0, 0.05) is 18.7 Å². The number of rotatable bonds is 8. The van der Waals surface area contributed by atoms with E-state index in [0.717, 1.165) is 5.56 Å². The van der Waals surface area contributed by atoms with Gasteiger partial charge in [0.1, 0.15) is 12.1 Å². The van der Waals surface area contributed by atoms with Crippen LogP contribution in [0.3, 0.4) is 0 Å². The predicted molar refractivity (Wildman–Crippen MR) is 130 cm³/mol. The van der Waals surface area contributed by atoms with Crippen LogP contribution >= 0.6 is 11.6 Å². The maximum absolute atomic E-state index is 15.2. The van der Waals surface area contributed by atoms with Crippen LogP contribution in [0.25, 0.3) is 10.9 Å². The zero-order chi connectivity index (χ0) is 25.1. The first-order valence-electron chi connectivity index (χ1n) is 10.3. The Labute approximate surface area is 204 Å². The molecule has 0 N–H and O–H groups in total. The molecule has 0 atom stereocenters. The van der Waals surface area contributed by atoms with E-state index in [1.165, 1.54) is 45.9 Å². The van der Waals surface area contributed by atoms with Gasteiger partial charge in [0.2, 0.25) is 0 Å². The number of benzene rings is 3. The number of anilines is 2. The highest BCUT2D eigenvalue weighted by Crippen LogP contribution is 2.39. The summed E-state index contributed by atoms with van der Waals surface area (Å²) in [5.74, 6) is 0.657. The van der Waals surface area contributed by atoms with Gasteiger partial charge in [0.15, 0.2) is 23.1 Å². The molecule has 0 bridgehead atoms. The molecule has 4 rings (SSSR count). The minimum Gasteiger partial charge on any atom is -0.493 e. The highest BCUT2D eigenvalue weighted by Gasteiger charge is 2.24. The highest BCUT2D eigenvalue weighted by atomic mass is 35.5. The second-order valence-electron chi connectivity index (χ2n) is 7.34. The molecule has 0 radical (unpaired) electrons. The molecule has 11 heteroatoms. The quantitative estimate of drug-likeness (QED) is 0.225. The monoisotopic (exact) mass is 498 g/mol. The van der Waals surface area contributed by atoms with E-state index in [1.54, 1.807) is 35.2 Å². The largest absolute Gasteiger partial charge is 0.493 e. The molecule has 0 aliphatic heterocycles. The molecule has 0 saturated heterocycles. The standard InChI is InChI=1S/C24H20ClFN4O5/c1-33-20-8-7-14(9-22(20)35-3)12-29(18-6-4-5-16(25)23(18)26)24-15-10-19(30(31)32)21(34-2)11-17(15)27-13-28-24/h4-11,13H,12H2,1-3H3. The lowest BCUT2D eigenvalue weighted by Gasteiger charge is -2.26. The van der Waals surface area contributed by atoms with Crippen molar-refractivity contribution in [3.8, 4) is 17.2 Å². The molecule has 0 aliphatic carbocycles. The van der Waals surface area contributed by atoms with E-state index in [2.05, 4.69) is 9.97 Å². The van der Waals surface area contributed by atoms with Crippen LogP contribution in [0.2, 0.25) is 5.02 Å². The molecule has 4 aromatic rings. The van der Waals surface area contributed by atoms with Crippen LogP contribution in [0.15, 0.2) is 54.9 Å². The number of hydrogen-bond acceptors (Lipinski definition) is 8. The summed E-state index contributed by atoms with van der Waals surface area (Å²) in [6.07, 6.45) is 1.30. The average molecular weight is 499 g/mol. The van der Waals surface area contributed by atoms with Gasteiger partial charge >= 0.3 is 5.69 Å². The van der Waals surface area contributed by atoms with E-state index in [0.29, 0.717) is 22.4 Å². The Morgan fingerprint density at radius 2 is 1.74 bits per heavy atom. The predicted octanol–water partition coefficient (Wildman–Crippen LogP) is 5.69. The zero-order valence-corrected chi connectivity index (χ0v) is 19.7. The van der Waals surface area contributed by atoms with Crippen LogP contribution in [0.1, 0.15) is 5.56 Å². The maximum atomic E-state index is 15.2. The summed E-state index contributed by atoms with van der Waals surface area (Å²) in [6.45, 7) is 0.129. The van der Waals surface area contributed by atoms with E-state index in [1.807, 2.05) is 0 Å². The molecule has 0 fully saturated rings. The Kier molecular flexibility index (Phi) is 6.83. The lowest BCUT2D eigenvalue weighted by Crippen LogP contribution is -2.20. The molecule has 1 heterocycles. The van der Waals surface area contributed by atoms with Gasteiger partial charge in [-0.1, -0.05) is 23.7 Å². The molecule has 9 nitrogen and oxygen atoms in total. The maximum Gasteiger partial charge on any atom is 0.311 e. The van der Waals surface area contributed by atoms with Gasteiger partial charge in [-0.25, -0.2) is 14.4 Å². The van der Waals surface area contributed by atoms with Crippen molar-refractivity contribution in [1.29, 1.82) is 0 Å². The van der Waals surface area contributed by atoms with Crippen LogP contribution in [-0.4, -0.2) is 36.2 Å². The Balaban J connectivity index is 1.95. The first-order chi connectivity index (χ1) is 16.9. The lowest BCUT2D eigenvalue weighted by molar-refractivity contribution is -0.385. The van der Waals surface area contributed by atoms with Crippen molar-refractivity contribution in [2.24, 2.45) is 0 Å². The number of hydrogen-bond donors (Lipinski definition) is 0. The number of halogens is 2. The Bertz CT molecular complexity index is 1420. The van der Waals surface area contributed by atoms with Crippen LogP contribution in [-0.2, 0) is 6.54 Å². The van der Waals surface area contributed by atoms with Crippen molar-refractivity contribution in [3.63, 3.8) is 0 Å². The van der Waals surface area contributed by atoms with Gasteiger partial charge < -0.3 is 19.1 Å². The topological polar surface area (TPSA) is 99.9 Å². The molecule has 35 heavy (non-hydrogen) atoms. The Hall–Kier alpha value is -4.18. The molecule has 3 aromatic carbocycles. The fraction of sp³-hybridized carbons (Fsp3) is 0.167. The number of aromatic nitrogens is 2. The number of methoxy groups -OCH3 is 3. The van der Waals surface area contributed by atoms with Crippen LogP contribution in [0.4, 0.5) is 21.6 Å². The average Bonchev–Trinajstić information content (AvgIpc) is 2.87. The number of fused-ring (bicyclic) bond motifs is 1. The summed E-state index contributed by atoms with van der Waals surface area (Å²) >= 11 is 6.08. The van der Waals surface area contributed by atoms with E-state index in [4.69, 9.17) is 25.8 Å². The van der Waals surface area contributed by atoms with E-state index in [-0.39, 0.29) is 34.5 Å². The van der Waals surface area contributed by atoms with Gasteiger partial charge in [-0.15, -0.1) is 0 Å². The van der Waals surface area contributed by atoms with Crippen molar-refractivity contribution in [3.05, 3.63) is 81.4 Å². The number of nitrogens with zero attached hydrogens (tertiary/aromatic N) is 4. The van der Waals surface area contributed by atoms with Gasteiger partial charge in [-0.3, -0.25) is 10.1 Å². The van der Waals surface area contributed by atoms with Gasteiger partial charge in [-0.2, -0.15) is 0 Å². The second kappa shape index (κ2) is 9.98. The van der Waals surface area contributed by atoms with Crippen molar-refractivity contribution in [2.75, 3.05) is 26.2 Å². The molecule has 1 aromatic heterocycles. The summed E-state index contributed by atoms with van der Waals surface area (Å²) in [6, 6.07) is 12.6. The molecule has 0 unspecified atom stereocenters. The van der Waals surface area contributed by atoms with Crippen molar-refractivity contribution >= 4 is 39.7 Å². The first-order valence-corrected chi connectivity index (χ1v) is 10.6. The number of ether oxygens (including phenoxy) is 3. The molecule has 0 saturated carbocycles. The SMILES string of the molecule is COc1ccc(CN(c2cccc(Cl)c2F)c2ncnc3cc(OC)c([N+](=O)[O-])cc23)cc1OC. The Morgan fingerprint density at radius 3 is 2.43 bits per heavy atom. The Morgan fingerprint density at radius 1 is 1.00 bits per heavy atom. The van der Waals surface area contributed by atoms with Gasteiger partial charge in [0.05, 0.1) is 47.9 Å². The fourth-order valence-corrected chi connectivity index (χ4v) is 3.89. The third-order valence-electron chi connectivity index (χ3n) is 5.38. The van der Waals surface area contributed by atoms with Gasteiger partial charge in [-0.05, 0) is 29.8 Å².